The largest absolute Gasteiger partial charge is 0.393 e. The highest BCUT2D eigenvalue weighted by molar-refractivity contribution is 6.70. The molecule has 0 radical (unpaired) electrons. The summed E-state index contributed by atoms with van der Waals surface area (Å²) in [6.07, 6.45) is 4.21. The fourth-order valence-electron chi connectivity index (χ4n) is 4.02. The van der Waals surface area contributed by atoms with Crippen molar-refractivity contribution >= 4 is 8.56 Å². The maximum atomic E-state index is 6.52. The normalized spacial score (nSPS) is 26.8. The predicted octanol–water partition coefficient (Wildman–Crippen LogP) is 4.57. The van der Waals surface area contributed by atoms with Gasteiger partial charge in [0, 0.05) is 25.7 Å². The summed E-state index contributed by atoms with van der Waals surface area (Å²) in [5, 5.41) is -0.519. The van der Waals surface area contributed by atoms with Crippen LogP contribution in [0.4, 0.5) is 0 Å². The van der Waals surface area contributed by atoms with Gasteiger partial charge in [-0.1, -0.05) is 42.8 Å². The van der Waals surface area contributed by atoms with Gasteiger partial charge in [-0.05, 0) is 38.8 Å². The molecule has 1 fully saturated rings. The molecule has 1 aliphatic rings. The fraction of sp³-hybridized carbons (Fsp3) is 0.579. The zero-order valence-corrected chi connectivity index (χ0v) is 15.7. The summed E-state index contributed by atoms with van der Waals surface area (Å²) in [5.74, 6) is 0.211. The molecular weight excluding hydrogens is 304 g/mol. The average molecular weight is 335 g/mol. The predicted molar refractivity (Wildman–Crippen MR) is 96.5 cm³/mol. The lowest BCUT2D eigenvalue weighted by Gasteiger charge is -2.53. The standard InChI is InChI=1S/C19H30O3Si/c1-5-17-15-12-16-23(21-7-3,22-8-4)19(17,20-6-2)18-13-10-9-11-14-18/h5,9-11,13-14,17H,1,6-8,12,15-16H2,2-4H3. The van der Waals surface area contributed by atoms with Gasteiger partial charge in [-0.15, -0.1) is 6.58 Å². The molecule has 0 bridgehead atoms. The van der Waals surface area contributed by atoms with Crippen LogP contribution in [0.1, 0.15) is 39.2 Å². The van der Waals surface area contributed by atoms with Crippen LogP contribution in [0.15, 0.2) is 43.0 Å². The fourth-order valence-corrected chi connectivity index (χ4v) is 8.60. The van der Waals surface area contributed by atoms with Crippen LogP contribution in [-0.4, -0.2) is 28.4 Å². The summed E-state index contributed by atoms with van der Waals surface area (Å²) >= 11 is 0. The van der Waals surface area contributed by atoms with E-state index in [1.165, 1.54) is 5.56 Å². The maximum absolute atomic E-state index is 6.52. The van der Waals surface area contributed by atoms with Gasteiger partial charge < -0.3 is 13.6 Å². The minimum Gasteiger partial charge on any atom is -0.393 e. The quantitative estimate of drug-likeness (QED) is 0.515. The summed E-state index contributed by atoms with van der Waals surface area (Å²) in [6.45, 7) is 12.2. The Morgan fingerprint density at radius 3 is 2.30 bits per heavy atom. The van der Waals surface area contributed by atoms with Gasteiger partial charge in [-0.3, -0.25) is 0 Å². The molecule has 3 nitrogen and oxygen atoms in total. The molecule has 1 aliphatic heterocycles. The lowest BCUT2D eigenvalue weighted by molar-refractivity contribution is -0.0673. The van der Waals surface area contributed by atoms with E-state index in [1.54, 1.807) is 0 Å². The SMILES string of the molecule is C=CC1CCC[Si](OCC)(OCC)C1(OCC)c1ccccc1. The molecule has 23 heavy (non-hydrogen) atoms. The van der Waals surface area contributed by atoms with E-state index in [1.807, 2.05) is 26.0 Å². The smallest absolute Gasteiger partial charge is 0.376 e. The van der Waals surface area contributed by atoms with Crippen LogP contribution in [0.5, 0.6) is 0 Å². The molecule has 0 saturated carbocycles. The van der Waals surface area contributed by atoms with E-state index in [-0.39, 0.29) is 5.92 Å². The van der Waals surface area contributed by atoms with Gasteiger partial charge in [0.1, 0.15) is 5.22 Å². The minimum atomic E-state index is -2.60. The zero-order chi connectivity index (χ0) is 16.8. The molecule has 0 aromatic heterocycles. The van der Waals surface area contributed by atoms with Crippen LogP contribution in [0.2, 0.25) is 6.04 Å². The van der Waals surface area contributed by atoms with Crippen molar-refractivity contribution in [1.82, 2.24) is 0 Å². The van der Waals surface area contributed by atoms with E-state index >= 15 is 0 Å². The Morgan fingerprint density at radius 1 is 1.13 bits per heavy atom. The first-order chi connectivity index (χ1) is 11.2. The third kappa shape index (κ3) is 3.18. The van der Waals surface area contributed by atoms with Gasteiger partial charge in [0.2, 0.25) is 0 Å². The second-order valence-electron chi connectivity index (χ2n) is 5.89. The Balaban J connectivity index is 2.66. The van der Waals surface area contributed by atoms with Crippen LogP contribution >= 0.6 is 0 Å². The number of benzene rings is 1. The molecule has 1 aromatic rings. The molecule has 128 valence electrons. The van der Waals surface area contributed by atoms with Crippen molar-refractivity contribution in [2.45, 2.75) is 44.9 Å². The first kappa shape index (κ1) is 18.4. The molecule has 2 atom stereocenters. The topological polar surface area (TPSA) is 27.7 Å². The average Bonchev–Trinajstić information content (AvgIpc) is 2.58. The third-order valence-corrected chi connectivity index (χ3v) is 9.18. The van der Waals surface area contributed by atoms with E-state index in [4.69, 9.17) is 13.6 Å². The minimum absolute atomic E-state index is 0.211. The van der Waals surface area contributed by atoms with Crippen LogP contribution in [0, 0.1) is 5.92 Å². The lowest BCUT2D eigenvalue weighted by Crippen LogP contribution is -2.67. The number of hydrogen-bond acceptors (Lipinski definition) is 3. The molecule has 1 heterocycles. The molecule has 0 N–H and O–H groups in total. The lowest BCUT2D eigenvalue weighted by atomic mass is 9.90. The molecule has 0 aliphatic carbocycles. The molecular formula is C19H30O3Si. The Kier molecular flexibility index (Phi) is 6.59. The monoisotopic (exact) mass is 334 g/mol. The van der Waals surface area contributed by atoms with Crippen molar-refractivity contribution in [2.24, 2.45) is 5.92 Å². The van der Waals surface area contributed by atoms with Crippen molar-refractivity contribution in [3.8, 4) is 0 Å². The summed E-state index contributed by atoms with van der Waals surface area (Å²) in [6, 6.07) is 11.5. The van der Waals surface area contributed by atoms with Crippen LogP contribution in [0.3, 0.4) is 0 Å². The van der Waals surface area contributed by atoms with Crippen molar-refractivity contribution < 1.29 is 13.6 Å². The van der Waals surface area contributed by atoms with Gasteiger partial charge in [-0.25, -0.2) is 0 Å². The Hall–Kier alpha value is -0.943. The second kappa shape index (κ2) is 8.24. The Labute approximate surface area is 141 Å². The highest BCUT2D eigenvalue weighted by atomic mass is 28.4. The Morgan fingerprint density at radius 2 is 1.78 bits per heavy atom. The molecule has 4 heteroatoms. The summed E-state index contributed by atoms with van der Waals surface area (Å²) in [7, 11) is -2.60. The van der Waals surface area contributed by atoms with E-state index in [0.717, 1.165) is 18.9 Å². The molecule has 1 saturated heterocycles. The van der Waals surface area contributed by atoms with Crippen molar-refractivity contribution in [1.29, 1.82) is 0 Å². The first-order valence-electron chi connectivity index (χ1n) is 8.80. The van der Waals surface area contributed by atoms with Gasteiger partial charge in [-0.2, -0.15) is 0 Å². The van der Waals surface area contributed by atoms with Crippen molar-refractivity contribution in [2.75, 3.05) is 19.8 Å². The highest BCUT2D eigenvalue weighted by Crippen LogP contribution is 2.51. The third-order valence-electron chi connectivity index (χ3n) is 4.72. The van der Waals surface area contributed by atoms with Crippen LogP contribution in [-0.2, 0) is 18.8 Å². The van der Waals surface area contributed by atoms with E-state index in [9.17, 15) is 0 Å². The van der Waals surface area contributed by atoms with Crippen molar-refractivity contribution in [3.05, 3.63) is 48.6 Å². The van der Waals surface area contributed by atoms with E-state index in [0.29, 0.717) is 19.8 Å². The number of rotatable bonds is 8. The van der Waals surface area contributed by atoms with Crippen LogP contribution < -0.4 is 0 Å². The molecule has 2 unspecified atom stereocenters. The van der Waals surface area contributed by atoms with Gasteiger partial charge in [0.25, 0.3) is 0 Å². The number of ether oxygens (including phenoxy) is 1. The highest BCUT2D eigenvalue weighted by Gasteiger charge is 2.64. The van der Waals surface area contributed by atoms with Gasteiger partial charge in [0.15, 0.2) is 0 Å². The zero-order valence-electron chi connectivity index (χ0n) is 14.7. The molecule has 2 rings (SSSR count). The van der Waals surface area contributed by atoms with E-state index < -0.39 is 13.8 Å². The molecule has 0 amide bonds. The van der Waals surface area contributed by atoms with Crippen LogP contribution in [0.25, 0.3) is 0 Å². The molecule has 0 spiro atoms. The second-order valence-corrected chi connectivity index (χ2v) is 9.21. The van der Waals surface area contributed by atoms with Gasteiger partial charge in [0.05, 0.1) is 0 Å². The summed E-state index contributed by atoms with van der Waals surface area (Å²) in [5.41, 5.74) is 1.17. The van der Waals surface area contributed by atoms with Gasteiger partial charge >= 0.3 is 8.56 Å². The molecule has 1 aromatic carbocycles. The maximum Gasteiger partial charge on any atom is 0.376 e. The van der Waals surface area contributed by atoms with Crippen molar-refractivity contribution in [3.63, 3.8) is 0 Å². The first-order valence-corrected chi connectivity index (χ1v) is 10.8. The Bertz CT molecular complexity index is 479. The summed E-state index contributed by atoms with van der Waals surface area (Å²) in [4.78, 5) is 0. The summed E-state index contributed by atoms with van der Waals surface area (Å²) < 4.78 is 19.3. The van der Waals surface area contributed by atoms with E-state index in [2.05, 4.69) is 37.8 Å². The number of hydrogen-bond donors (Lipinski definition) is 0.